The van der Waals surface area contributed by atoms with Crippen molar-refractivity contribution >= 4 is 23.2 Å². The Morgan fingerprint density at radius 1 is 1.56 bits per heavy atom. The Morgan fingerprint density at radius 3 is 3.00 bits per heavy atom. The van der Waals surface area contributed by atoms with Gasteiger partial charge in [-0.1, -0.05) is 11.6 Å². The number of nitrogens with one attached hydrogen (secondary N) is 1. The van der Waals surface area contributed by atoms with Crippen molar-refractivity contribution in [1.29, 1.82) is 5.26 Å². The molecule has 1 aromatic rings. The summed E-state index contributed by atoms with van der Waals surface area (Å²) in [5.74, 6) is -0.145. The van der Waals surface area contributed by atoms with Gasteiger partial charge >= 0.3 is 0 Å². The summed E-state index contributed by atoms with van der Waals surface area (Å²) in [4.78, 5) is 11.6. The van der Waals surface area contributed by atoms with Gasteiger partial charge in [-0.3, -0.25) is 4.79 Å². The van der Waals surface area contributed by atoms with Crippen molar-refractivity contribution in [2.24, 2.45) is 0 Å². The SMILES string of the molecule is CCOCCCC(=O)Nc1cc(Cl)ccc1C#N. The number of rotatable bonds is 6. The van der Waals surface area contributed by atoms with Gasteiger partial charge in [0.2, 0.25) is 5.91 Å². The number of halogens is 1. The molecular formula is C13H15ClN2O2. The van der Waals surface area contributed by atoms with Gasteiger partial charge in [-0.2, -0.15) is 5.26 Å². The van der Waals surface area contributed by atoms with E-state index in [0.717, 1.165) is 0 Å². The van der Waals surface area contributed by atoms with Crippen LogP contribution in [0, 0.1) is 11.3 Å². The largest absolute Gasteiger partial charge is 0.382 e. The third-order valence-corrected chi connectivity index (χ3v) is 2.51. The minimum Gasteiger partial charge on any atom is -0.382 e. The highest BCUT2D eigenvalue weighted by atomic mass is 35.5. The Balaban J connectivity index is 2.54. The Morgan fingerprint density at radius 2 is 2.33 bits per heavy atom. The number of carbonyl (C=O) groups excluding carboxylic acids is 1. The molecular weight excluding hydrogens is 252 g/mol. The number of nitriles is 1. The molecule has 0 atom stereocenters. The third kappa shape index (κ3) is 4.74. The van der Waals surface area contributed by atoms with E-state index in [9.17, 15) is 4.79 Å². The highest BCUT2D eigenvalue weighted by Crippen LogP contribution is 2.20. The summed E-state index contributed by atoms with van der Waals surface area (Å²) >= 11 is 5.82. The minimum atomic E-state index is -0.145. The summed E-state index contributed by atoms with van der Waals surface area (Å²) in [7, 11) is 0. The zero-order valence-electron chi connectivity index (χ0n) is 10.2. The average Bonchev–Trinajstić information content (AvgIpc) is 2.35. The van der Waals surface area contributed by atoms with E-state index in [2.05, 4.69) is 5.32 Å². The molecule has 1 N–H and O–H groups in total. The molecule has 96 valence electrons. The van der Waals surface area contributed by atoms with Crippen molar-refractivity contribution in [2.75, 3.05) is 18.5 Å². The summed E-state index contributed by atoms with van der Waals surface area (Å²) in [6.45, 7) is 3.12. The van der Waals surface area contributed by atoms with Crippen LogP contribution in [-0.2, 0) is 9.53 Å². The quantitative estimate of drug-likeness (QED) is 0.805. The standard InChI is InChI=1S/C13H15ClN2O2/c1-2-18-7-3-4-13(17)16-12-8-11(14)6-5-10(12)9-15/h5-6,8H,2-4,7H2,1H3,(H,16,17). The molecule has 0 radical (unpaired) electrons. The predicted octanol–water partition coefficient (Wildman–Crippen LogP) is 2.97. The number of ether oxygens (including phenoxy) is 1. The number of anilines is 1. The van der Waals surface area contributed by atoms with E-state index in [0.29, 0.717) is 42.3 Å². The first kappa shape index (κ1) is 14.5. The van der Waals surface area contributed by atoms with Crippen LogP contribution in [0.4, 0.5) is 5.69 Å². The summed E-state index contributed by atoms with van der Waals surface area (Å²) in [6.07, 6.45) is 1.01. The van der Waals surface area contributed by atoms with Gasteiger partial charge in [0.15, 0.2) is 0 Å². The van der Waals surface area contributed by atoms with Crippen molar-refractivity contribution in [3.05, 3.63) is 28.8 Å². The summed E-state index contributed by atoms with van der Waals surface area (Å²) in [6, 6.07) is 6.77. The Kier molecular flexibility index (Phi) is 6.20. The molecule has 0 aromatic heterocycles. The fourth-order valence-electron chi connectivity index (χ4n) is 1.41. The zero-order chi connectivity index (χ0) is 13.4. The maximum Gasteiger partial charge on any atom is 0.224 e. The fourth-order valence-corrected chi connectivity index (χ4v) is 1.58. The summed E-state index contributed by atoms with van der Waals surface area (Å²) in [5, 5.41) is 12.1. The van der Waals surface area contributed by atoms with Crippen LogP contribution in [0.2, 0.25) is 5.02 Å². The van der Waals surface area contributed by atoms with Crippen molar-refractivity contribution in [3.8, 4) is 6.07 Å². The molecule has 1 aromatic carbocycles. The zero-order valence-corrected chi connectivity index (χ0v) is 11.0. The number of hydrogen-bond acceptors (Lipinski definition) is 3. The normalized spacial score (nSPS) is 9.83. The van der Waals surface area contributed by atoms with Gasteiger partial charge in [0.1, 0.15) is 6.07 Å². The van der Waals surface area contributed by atoms with Crippen molar-refractivity contribution in [2.45, 2.75) is 19.8 Å². The lowest BCUT2D eigenvalue weighted by Gasteiger charge is -2.07. The third-order valence-electron chi connectivity index (χ3n) is 2.27. The van der Waals surface area contributed by atoms with Crippen LogP contribution in [0.25, 0.3) is 0 Å². The van der Waals surface area contributed by atoms with E-state index < -0.39 is 0 Å². The second kappa shape index (κ2) is 7.70. The highest BCUT2D eigenvalue weighted by Gasteiger charge is 2.07. The maximum absolute atomic E-state index is 11.6. The topological polar surface area (TPSA) is 62.1 Å². The smallest absolute Gasteiger partial charge is 0.224 e. The molecule has 5 heteroatoms. The molecule has 1 amide bonds. The van der Waals surface area contributed by atoms with Crippen LogP contribution in [-0.4, -0.2) is 19.1 Å². The maximum atomic E-state index is 11.6. The lowest BCUT2D eigenvalue weighted by molar-refractivity contribution is -0.116. The van der Waals surface area contributed by atoms with E-state index >= 15 is 0 Å². The number of hydrogen-bond donors (Lipinski definition) is 1. The van der Waals surface area contributed by atoms with E-state index in [-0.39, 0.29) is 5.91 Å². The van der Waals surface area contributed by atoms with Gasteiger partial charge < -0.3 is 10.1 Å². The highest BCUT2D eigenvalue weighted by molar-refractivity contribution is 6.31. The first-order chi connectivity index (χ1) is 8.67. The van der Waals surface area contributed by atoms with Crippen molar-refractivity contribution in [3.63, 3.8) is 0 Å². The second-order valence-corrected chi connectivity index (χ2v) is 4.09. The lowest BCUT2D eigenvalue weighted by Crippen LogP contribution is -2.13. The van der Waals surface area contributed by atoms with Gasteiger partial charge in [0, 0.05) is 24.7 Å². The first-order valence-corrected chi connectivity index (χ1v) is 6.12. The van der Waals surface area contributed by atoms with E-state index in [1.54, 1.807) is 18.2 Å². The Labute approximate surface area is 112 Å². The number of carbonyl (C=O) groups is 1. The minimum absolute atomic E-state index is 0.145. The first-order valence-electron chi connectivity index (χ1n) is 5.74. The van der Waals surface area contributed by atoms with Gasteiger partial charge in [-0.15, -0.1) is 0 Å². The van der Waals surface area contributed by atoms with Crippen LogP contribution in [0.3, 0.4) is 0 Å². The van der Waals surface area contributed by atoms with Crippen LogP contribution in [0.5, 0.6) is 0 Å². The molecule has 0 heterocycles. The van der Waals surface area contributed by atoms with Crippen LogP contribution in [0.1, 0.15) is 25.3 Å². The van der Waals surface area contributed by atoms with E-state index in [1.165, 1.54) is 0 Å². The molecule has 0 bridgehead atoms. The molecule has 0 unspecified atom stereocenters. The predicted molar refractivity (Wildman–Crippen MR) is 70.5 cm³/mol. The molecule has 18 heavy (non-hydrogen) atoms. The van der Waals surface area contributed by atoms with Gasteiger partial charge in [-0.05, 0) is 31.5 Å². The van der Waals surface area contributed by atoms with E-state index in [1.807, 2.05) is 13.0 Å². The van der Waals surface area contributed by atoms with Crippen LogP contribution >= 0.6 is 11.6 Å². The number of amides is 1. The van der Waals surface area contributed by atoms with Gasteiger partial charge in [-0.25, -0.2) is 0 Å². The summed E-state index contributed by atoms with van der Waals surface area (Å²) in [5.41, 5.74) is 0.851. The Bertz CT molecular complexity index is 455. The molecule has 0 aliphatic carbocycles. The molecule has 0 fully saturated rings. The summed E-state index contributed by atoms with van der Waals surface area (Å²) < 4.78 is 5.14. The molecule has 1 rings (SSSR count). The molecule has 4 nitrogen and oxygen atoms in total. The second-order valence-electron chi connectivity index (χ2n) is 3.65. The van der Waals surface area contributed by atoms with Gasteiger partial charge in [0.25, 0.3) is 0 Å². The van der Waals surface area contributed by atoms with Crippen molar-refractivity contribution in [1.82, 2.24) is 0 Å². The monoisotopic (exact) mass is 266 g/mol. The van der Waals surface area contributed by atoms with Crippen LogP contribution in [0.15, 0.2) is 18.2 Å². The molecule has 0 saturated carbocycles. The Hall–Kier alpha value is -1.57. The van der Waals surface area contributed by atoms with Gasteiger partial charge in [0.05, 0.1) is 11.3 Å². The number of benzene rings is 1. The van der Waals surface area contributed by atoms with E-state index in [4.69, 9.17) is 21.6 Å². The lowest BCUT2D eigenvalue weighted by atomic mass is 10.2. The average molecular weight is 267 g/mol. The van der Waals surface area contributed by atoms with Crippen LogP contribution < -0.4 is 5.32 Å². The molecule has 0 saturated heterocycles. The number of nitrogens with zero attached hydrogens (tertiary/aromatic N) is 1. The molecule has 0 aliphatic heterocycles. The fraction of sp³-hybridized carbons (Fsp3) is 0.385. The molecule has 0 aliphatic rings. The van der Waals surface area contributed by atoms with Crippen molar-refractivity contribution < 1.29 is 9.53 Å². The molecule has 0 spiro atoms.